The molecule has 0 bridgehead atoms. The molecule has 2 heterocycles. The van der Waals surface area contributed by atoms with E-state index in [0.29, 0.717) is 0 Å². The molecule has 0 spiro atoms. The first-order valence-corrected chi connectivity index (χ1v) is 5.37. The molecular weight excluding hydrogens is 196 g/mol. The molecule has 0 fully saturated rings. The van der Waals surface area contributed by atoms with Crippen LogP contribution in [0.4, 0.5) is 0 Å². The lowest BCUT2D eigenvalue weighted by molar-refractivity contribution is 0.807. The highest BCUT2D eigenvalue weighted by atomic mass is 15.0. The molecule has 2 heteroatoms. The van der Waals surface area contributed by atoms with Gasteiger partial charge in [-0.25, -0.2) is 0 Å². The van der Waals surface area contributed by atoms with Crippen molar-refractivity contribution in [1.29, 1.82) is 0 Å². The number of nitrogens with zero attached hydrogens (tertiary/aromatic N) is 2. The van der Waals surface area contributed by atoms with E-state index in [0.717, 1.165) is 12.2 Å². The van der Waals surface area contributed by atoms with E-state index < -0.39 is 0 Å². The van der Waals surface area contributed by atoms with Crippen LogP contribution in [-0.2, 0) is 6.54 Å². The minimum absolute atomic E-state index is 0.828. The molecule has 0 unspecified atom stereocenters. The summed E-state index contributed by atoms with van der Waals surface area (Å²) in [7, 11) is 0. The van der Waals surface area contributed by atoms with Crippen molar-refractivity contribution in [1.82, 2.24) is 9.55 Å². The fraction of sp³-hybridized carbons (Fsp3) is 0.0714. The van der Waals surface area contributed by atoms with Gasteiger partial charge >= 0.3 is 0 Å². The summed E-state index contributed by atoms with van der Waals surface area (Å²) in [6.07, 6.45) is 3.94. The Balaban J connectivity index is 2.01. The predicted octanol–water partition coefficient (Wildman–Crippen LogP) is 3.08. The van der Waals surface area contributed by atoms with Gasteiger partial charge in [0.25, 0.3) is 0 Å². The number of aromatic nitrogens is 2. The van der Waals surface area contributed by atoms with Crippen LogP contribution >= 0.6 is 0 Å². The predicted molar refractivity (Wildman–Crippen MR) is 65.3 cm³/mol. The molecule has 2 aromatic heterocycles. The maximum absolute atomic E-state index is 4.34. The second-order valence-electron chi connectivity index (χ2n) is 3.82. The average molecular weight is 208 g/mol. The van der Waals surface area contributed by atoms with Gasteiger partial charge in [-0.1, -0.05) is 24.3 Å². The van der Waals surface area contributed by atoms with Crippen molar-refractivity contribution in [3.8, 4) is 0 Å². The molecular formula is C14H12N2. The van der Waals surface area contributed by atoms with Gasteiger partial charge in [0.2, 0.25) is 0 Å². The summed E-state index contributed by atoms with van der Waals surface area (Å²) in [6.45, 7) is 0.828. The summed E-state index contributed by atoms with van der Waals surface area (Å²) >= 11 is 0. The van der Waals surface area contributed by atoms with Crippen molar-refractivity contribution in [3.05, 3.63) is 66.6 Å². The number of rotatable bonds is 2. The van der Waals surface area contributed by atoms with Gasteiger partial charge in [0.1, 0.15) is 0 Å². The van der Waals surface area contributed by atoms with E-state index in [1.54, 1.807) is 0 Å². The third-order valence-corrected chi connectivity index (χ3v) is 2.74. The standard InChI is InChI=1S/C14H12N2/c1-2-7-14-12(5-1)8-10-16(14)11-13-6-3-4-9-15-13/h1-10H,11H2. The fourth-order valence-electron chi connectivity index (χ4n) is 1.94. The molecule has 0 aliphatic carbocycles. The summed E-state index contributed by atoms with van der Waals surface area (Å²) in [4.78, 5) is 4.34. The Morgan fingerprint density at radius 2 is 1.81 bits per heavy atom. The van der Waals surface area contributed by atoms with Crippen molar-refractivity contribution in [2.75, 3.05) is 0 Å². The van der Waals surface area contributed by atoms with Gasteiger partial charge in [0.15, 0.2) is 0 Å². The lowest BCUT2D eigenvalue weighted by Gasteiger charge is -2.04. The fourth-order valence-corrected chi connectivity index (χ4v) is 1.94. The third kappa shape index (κ3) is 1.58. The first-order chi connectivity index (χ1) is 7.93. The van der Waals surface area contributed by atoms with Crippen LogP contribution in [0.5, 0.6) is 0 Å². The highest BCUT2D eigenvalue weighted by Crippen LogP contribution is 2.15. The molecule has 0 saturated carbocycles. The van der Waals surface area contributed by atoms with Crippen LogP contribution in [0.2, 0.25) is 0 Å². The molecule has 0 radical (unpaired) electrons. The van der Waals surface area contributed by atoms with E-state index in [-0.39, 0.29) is 0 Å². The van der Waals surface area contributed by atoms with E-state index in [1.807, 2.05) is 18.3 Å². The molecule has 3 rings (SSSR count). The van der Waals surface area contributed by atoms with E-state index in [2.05, 4.69) is 52.1 Å². The van der Waals surface area contributed by atoms with Gasteiger partial charge in [-0.2, -0.15) is 0 Å². The molecule has 0 aliphatic rings. The van der Waals surface area contributed by atoms with Gasteiger partial charge in [-0.05, 0) is 29.7 Å². The molecule has 78 valence electrons. The number of benzene rings is 1. The van der Waals surface area contributed by atoms with Crippen LogP contribution in [0.1, 0.15) is 5.69 Å². The Kier molecular flexibility index (Phi) is 2.18. The van der Waals surface area contributed by atoms with Gasteiger partial charge in [0, 0.05) is 17.9 Å². The summed E-state index contributed by atoms with van der Waals surface area (Å²) in [5.41, 5.74) is 2.34. The van der Waals surface area contributed by atoms with E-state index in [4.69, 9.17) is 0 Å². The topological polar surface area (TPSA) is 17.8 Å². The van der Waals surface area contributed by atoms with E-state index in [9.17, 15) is 0 Å². The summed E-state index contributed by atoms with van der Waals surface area (Å²) in [6, 6.07) is 16.5. The minimum Gasteiger partial charge on any atom is -0.341 e. The molecule has 1 aromatic carbocycles. The smallest absolute Gasteiger partial charge is 0.0648 e. The van der Waals surface area contributed by atoms with Crippen molar-refractivity contribution < 1.29 is 0 Å². The van der Waals surface area contributed by atoms with Gasteiger partial charge in [-0.15, -0.1) is 0 Å². The number of hydrogen-bond donors (Lipinski definition) is 0. The van der Waals surface area contributed by atoms with Crippen LogP contribution in [0.25, 0.3) is 10.9 Å². The highest BCUT2D eigenvalue weighted by Gasteiger charge is 2.00. The van der Waals surface area contributed by atoms with Crippen LogP contribution in [0.15, 0.2) is 60.9 Å². The minimum atomic E-state index is 0.828. The van der Waals surface area contributed by atoms with Crippen LogP contribution < -0.4 is 0 Å². The summed E-state index contributed by atoms with van der Waals surface area (Å²) < 4.78 is 2.22. The Morgan fingerprint density at radius 1 is 0.938 bits per heavy atom. The molecule has 0 N–H and O–H groups in total. The van der Waals surface area contributed by atoms with Crippen molar-refractivity contribution in [3.63, 3.8) is 0 Å². The number of hydrogen-bond acceptors (Lipinski definition) is 1. The highest BCUT2D eigenvalue weighted by molar-refractivity contribution is 5.79. The van der Waals surface area contributed by atoms with Gasteiger partial charge in [-0.3, -0.25) is 4.98 Å². The van der Waals surface area contributed by atoms with E-state index in [1.165, 1.54) is 10.9 Å². The first-order valence-electron chi connectivity index (χ1n) is 5.37. The molecule has 0 amide bonds. The van der Waals surface area contributed by atoms with Crippen molar-refractivity contribution in [2.24, 2.45) is 0 Å². The zero-order valence-electron chi connectivity index (χ0n) is 8.88. The molecule has 0 atom stereocenters. The second kappa shape index (κ2) is 3.81. The summed E-state index contributed by atoms with van der Waals surface area (Å²) in [5, 5.41) is 1.28. The van der Waals surface area contributed by atoms with Gasteiger partial charge in [0.05, 0.1) is 12.2 Å². The Labute approximate surface area is 94.2 Å². The molecule has 3 aromatic rings. The Bertz CT molecular complexity index is 596. The lowest BCUT2D eigenvalue weighted by Crippen LogP contribution is -1.99. The normalized spacial score (nSPS) is 10.8. The first kappa shape index (κ1) is 9.16. The number of pyridine rings is 1. The van der Waals surface area contributed by atoms with Crippen LogP contribution in [-0.4, -0.2) is 9.55 Å². The maximum Gasteiger partial charge on any atom is 0.0648 e. The molecule has 2 nitrogen and oxygen atoms in total. The SMILES string of the molecule is c1ccc(Cn2ccc3ccccc32)nc1. The second-order valence-corrected chi connectivity index (χ2v) is 3.82. The van der Waals surface area contributed by atoms with Crippen LogP contribution in [0, 0.1) is 0 Å². The molecule has 0 aliphatic heterocycles. The Morgan fingerprint density at radius 3 is 2.69 bits per heavy atom. The van der Waals surface area contributed by atoms with Crippen molar-refractivity contribution >= 4 is 10.9 Å². The van der Waals surface area contributed by atoms with Gasteiger partial charge < -0.3 is 4.57 Å². The quantitative estimate of drug-likeness (QED) is 0.632. The summed E-state index contributed by atoms with van der Waals surface area (Å²) in [5.74, 6) is 0. The number of fused-ring (bicyclic) bond motifs is 1. The molecule has 16 heavy (non-hydrogen) atoms. The number of para-hydroxylation sites is 1. The Hall–Kier alpha value is -2.09. The van der Waals surface area contributed by atoms with Crippen molar-refractivity contribution in [2.45, 2.75) is 6.54 Å². The molecule has 0 saturated heterocycles. The van der Waals surface area contributed by atoms with Crippen LogP contribution in [0.3, 0.4) is 0 Å². The third-order valence-electron chi connectivity index (χ3n) is 2.74. The monoisotopic (exact) mass is 208 g/mol. The zero-order valence-corrected chi connectivity index (χ0v) is 8.88. The lowest BCUT2D eigenvalue weighted by atomic mass is 10.2. The van der Waals surface area contributed by atoms with E-state index >= 15 is 0 Å². The average Bonchev–Trinajstić information content (AvgIpc) is 2.74. The largest absolute Gasteiger partial charge is 0.341 e. The zero-order chi connectivity index (χ0) is 10.8. The maximum atomic E-state index is 4.34.